The SMILES string of the molecule is CN(c1cccc(C#CC2=CCN(S(=O)(=O)C[C@@]3(C)NC(=O)NC3=O)CC2)c1)S(C)(=O)=O. The molecule has 2 N–H and O–H groups in total. The third-order valence-corrected chi connectivity index (χ3v) is 8.49. The molecule has 3 rings (SSSR count). The molecular formula is C20H24N4O6S2. The van der Waals surface area contributed by atoms with E-state index in [-0.39, 0.29) is 13.1 Å². The molecule has 1 aromatic rings. The van der Waals surface area contributed by atoms with E-state index in [1.807, 2.05) is 0 Å². The zero-order chi connectivity index (χ0) is 23.7. The summed E-state index contributed by atoms with van der Waals surface area (Å²) >= 11 is 0. The minimum absolute atomic E-state index is 0.106. The molecule has 1 atom stereocenters. The number of amides is 3. The first-order valence-corrected chi connectivity index (χ1v) is 13.1. The average Bonchev–Trinajstić information content (AvgIpc) is 2.96. The summed E-state index contributed by atoms with van der Waals surface area (Å²) in [6, 6.07) is 6.09. The Balaban J connectivity index is 1.69. The van der Waals surface area contributed by atoms with Crippen LogP contribution in [0.1, 0.15) is 18.9 Å². The number of carbonyl (C=O) groups excluding carboxylic acids is 2. The van der Waals surface area contributed by atoms with E-state index >= 15 is 0 Å². The quantitative estimate of drug-likeness (QED) is 0.450. The minimum Gasteiger partial charge on any atom is -0.322 e. The summed E-state index contributed by atoms with van der Waals surface area (Å²) in [4.78, 5) is 23.3. The number of rotatable bonds is 5. The van der Waals surface area contributed by atoms with Crippen LogP contribution in [-0.2, 0) is 24.8 Å². The van der Waals surface area contributed by atoms with E-state index in [1.54, 1.807) is 30.3 Å². The first kappa shape index (κ1) is 23.8. The van der Waals surface area contributed by atoms with E-state index in [0.29, 0.717) is 17.7 Å². The predicted octanol–water partition coefficient (Wildman–Crippen LogP) is -0.00610. The summed E-state index contributed by atoms with van der Waals surface area (Å²) < 4.78 is 51.3. The molecule has 1 saturated heterocycles. The number of hydrogen-bond donors (Lipinski definition) is 2. The Morgan fingerprint density at radius 3 is 2.47 bits per heavy atom. The van der Waals surface area contributed by atoms with Gasteiger partial charge in [0.2, 0.25) is 20.0 Å². The maximum Gasteiger partial charge on any atom is 0.322 e. The topological polar surface area (TPSA) is 133 Å². The number of nitrogens with zero attached hydrogens (tertiary/aromatic N) is 2. The first-order chi connectivity index (χ1) is 14.8. The molecule has 3 amide bonds. The van der Waals surface area contributed by atoms with Gasteiger partial charge >= 0.3 is 6.03 Å². The number of urea groups is 1. The van der Waals surface area contributed by atoms with Crippen molar-refractivity contribution in [2.45, 2.75) is 18.9 Å². The fourth-order valence-corrected chi connectivity index (χ4v) is 5.56. The number of sulfonamides is 2. The molecule has 0 unspecified atom stereocenters. The molecule has 10 nitrogen and oxygen atoms in total. The van der Waals surface area contributed by atoms with Crippen LogP contribution in [0.3, 0.4) is 0 Å². The van der Waals surface area contributed by atoms with Crippen LogP contribution in [0.15, 0.2) is 35.9 Å². The molecule has 0 saturated carbocycles. The lowest BCUT2D eigenvalue weighted by Crippen LogP contribution is -2.52. The molecule has 172 valence electrons. The van der Waals surface area contributed by atoms with Crippen molar-refractivity contribution in [2.75, 3.05) is 36.5 Å². The largest absolute Gasteiger partial charge is 0.322 e. The smallest absolute Gasteiger partial charge is 0.322 e. The lowest BCUT2D eigenvalue weighted by molar-refractivity contribution is -0.122. The van der Waals surface area contributed by atoms with Crippen LogP contribution < -0.4 is 14.9 Å². The van der Waals surface area contributed by atoms with Crippen molar-refractivity contribution >= 4 is 37.7 Å². The second-order valence-corrected chi connectivity index (χ2v) is 11.8. The van der Waals surface area contributed by atoms with E-state index in [0.717, 1.165) is 16.1 Å². The third-order valence-electron chi connectivity index (χ3n) is 5.23. The molecule has 0 bridgehead atoms. The molecule has 0 spiro atoms. The number of hydrogen-bond acceptors (Lipinski definition) is 6. The molecule has 0 radical (unpaired) electrons. The summed E-state index contributed by atoms with van der Waals surface area (Å²) in [5.41, 5.74) is 0.371. The summed E-state index contributed by atoms with van der Waals surface area (Å²) in [6.07, 6.45) is 3.21. The van der Waals surface area contributed by atoms with Gasteiger partial charge in [0.1, 0.15) is 5.54 Å². The van der Waals surface area contributed by atoms with Crippen LogP contribution >= 0.6 is 0 Å². The average molecular weight is 481 g/mol. The van der Waals surface area contributed by atoms with E-state index in [1.165, 1.54) is 18.3 Å². The van der Waals surface area contributed by atoms with E-state index < -0.39 is 43.3 Å². The Kier molecular flexibility index (Phi) is 6.37. The normalized spacial score (nSPS) is 21.8. The van der Waals surface area contributed by atoms with Crippen LogP contribution in [-0.4, -0.2) is 70.8 Å². The Hall–Kier alpha value is -2.88. The molecule has 2 aliphatic rings. The highest BCUT2D eigenvalue weighted by atomic mass is 32.2. The minimum atomic E-state index is -3.80. The second kappa shape index (κ2) is 8.57. The van der Waals surface area contributed by atoms with Gasteiger partial charge in [0.05, 0.1) is 17.7 Å². The molecular weight excluding hydrogens is 456 g/mol. The maximum atomic E-state index is 12.7. The van der Waals surface area contributed by atoms with Crippen LogP contribution in [0.2, 0.25) is 0 Å². The molecule has 12 heteroatoms. The van der Waals surface area contributed by atoms with E-state index in [4.69, 9.17) is 0 Å². The van der Waals surface area contributed by atoms with Crippen LogP contribution in [0, 0.1) is 11.8 Å². The van der Waals surface area contributed by atoms with Gasteiger partial charge in [-0.1, -0.05) is 24.0 Å². The van der Waals surface area contributed by atoms with E-state index in [2.05, 4.69) is 22.5 Å². The van der Waals surface area contributed by atoms with Crippen molar-refractivity contribution < 1.29 is 26.4 Å². The number of anilines is 1. The number of nitrogens with one attached hydrogen (secondary N) is 2. The summed E-state index contributed by atoms with van der Waals surface area (Å²) in [6.45, 7) is 1.68. The van der Waals surface area contributed by atoms with Gasteiger partial charge in [0, 0.05) is 31.3 Å². The Morgan fingerprint density at radius 1 is 1.19 bits per heavy atom. The van der Waals surface area contributed by atoms with Gasteiger partial charge in [-0.3, -0.25) is 14.4 Å². The highest BCUT2D eigenvalue weighted by molar-refractivity contribution is 7.92. The number of benzene rings is 1. The van der Waals surface area contributed by atoms with Gasteiger partial charge in [-0.15, -0.1) is 0 Å². The first-order valence-electron chi connectivity index (χ1n) is 9.67. The van der Waals surface area contributed by atoms with Gasteiger partial charge in [-0.25, -0.2) is 21.6 Å². The fourth-order valence-electron chi connectivity index (χ4n) is 3.28. The Bertz CT molecular complexity index is 1260. The lowest BCUT2D eigenvalue weighted by atomic mass is 10.1. The monoisotopic (exact) mass is 480 g/mol. The van der Waals surface area contributed by atoms with Gasteiger partial charge in [0.15, 0.2) is 0 Å². The van der Waals surface area contributed by atoms with Gasteiger partial charge in [-0.2, -0.15) is 4.31 Å². The van der Waals surface area contributed by atoms with Gasteiger partial charge < -0.3 is 5.32 Å². The maximum absolute atomic E-state index is 12.7. The number of imide groups is 1. The Morgan fingerprint density at radius 2 is 1.91 bits per heavy atom. The second-order valence-electron chi connectivity index (χ2n) is 7.86. The highest BCUT2D eigenvalue weighted by Gasteiger charge is 2.46. The highest BCUT2D eigenvalue weighted by Crippen LogP contribution is 2.20. The molecule has 32 heavy (non-hydrogen) atoms. The van der Waals surface area contributed by atoms with Gasteiger partial charge in [0.25, 0.3) is 5.91 Å². The molecule has 2 heterocycles. The number of carbonyl (C=O) groups is 2. The molecule has 0 aliphatic carbocycles. The summed E-state index contributed by atoms with van der Waals surface area (Å²) in [5.74, 6) is 4.78. The zero-order valence-corrected chi connectivity index (χ0v) is 19.5. The van der Waals surface area contributed by atoms with Crippen molar-refractivity contribution in [2.24, 2.45) is 0 Å². The summed E-state index contributed by atoms with van der Waals surface area (Å²) in [7, 11) is -5.72. The molecule has 1 aromatic carbocycles. The fraction of sp³-hybridized carbons (Fsp3) is 0.400. The molecule has 0 aromatic heterocycles. The van der Waals surface area contributed by atoms with Crippen LogP contribution in [0.4, 0.5) is 10.5 Å². The van der Waals surface area contributed by atoms with Crippen molar-refractivity contribution in [3.63, 3.8) is 0 Å². The van der Waals surface area contributed by atoms with Gasteiger partial charge in [-0.05, 0) is 31.5 Å². The van der Waals surface area contributed by atoms with Crippen molar-refractivity contribution in [1.82, 2.24) is 14.9 Å². The van der Waals surface area contributed by atoms with Crippen molar-refractivity contribution in [3.8, 4) is 11.8 Å². The lowest BCUT2D eigenvalue weighted by Gasteiger charge is -2.28. The third kappa shape index (κ3) is 5.29. The zero-order valence-electron chi connectivity index (χ0n) is 17.9. The molecule has 1 fully saturated rings. The Labute approximate surface area is 187 Å². The predicted molar refractivity (Wildman–Crippen MR) is 120 cm³/mol. The van der Waals surface area contributed by atoms with Crippen LogP contribution in [0.25, 0.3) is 0 Å². The van der Waals surface area contributed by atoms with Crippen molar-refractivity contribution in [3.05, 3.63) is 41.5 Å². The van der Waals surface area contributed by atoms with E-state index in [9.17, 15) is 26.4 Å². The summed E-state index contributed by atoms with van der Waals surface area (Å²) in [5, 5.41) is 4.41. The molecule has 2 aliphatic heterocycles. The standard InChI is InChI=1S/C20H24N4O6S2/c1-20(18(25)21-19(26)22-20)14-32(29,30)24-11-9-15(10-12-24)7-8-16-5-4-6-17(13-16)23(2)31(3,27)28/h4-6,9,13H,10-12,14H2,1-3H3,(H2,21,22,25,26)/t20-/m1/s1. The van der Waals surface area contributed by atoms with Crippen molar-refractivity contribution in [1.29, 1.82) is 0 Å². The van der Waals surface area contributed by atoms with Crippen LogP contribution in [0.5, 0.6) is 0 Å².